The molecular formula is C12H12BrClO. The van der Waals surface area contributed by atoms with Crippen LogP contribution in [0.25, 0.3) is 0 Å². The fourth-order valence-corrected chi connectivity index (χ4v) is 4.00. The molecule has 2 aliphatic rings. The minimum absolute atomic E-state index is 0.475. The molecule has 0 amide bonds. The van der Waals surface area contributed by atoms with Crippen LogP contribution in [0.1, 0.15) is 24.8 Å². The SMILES string of the molecule is OC1(c2cc(Cl)cc(Br)c2)C2CCCC21. The van der Waals surface area contributed by atoms with Gasteiger partial charge in [0.15, 0.2) is 0 Å². The lowest BCUT2D eigenvalue weighted by Crippen LogP contribution is -2.13. The second kappa shape index (κ2) is 3.22. The Morgan fingerprint density at radius 3 is 2.53 bits per heavy atom. The Morgan fingerprint density at radius 2 is 1.93 bits per heavy atom. The van der Waals surface area contributed by atoms with E-state index in [9.17, 15) is 5.11 Å². The van der Waals surface area contributed by atoms with Crippen molar-refractivity contribution in [2.45, 2.75) is 24.9 Å². The molecule has 0 aliphatic heterocycles. The number of benzene rings is 1. The normalized spacial score (nSPS) is 37.8. The van der Waals surface area contributed by atoms with Gasteiger partial charge in [-0.15, -0.1) is 0 Å². The quantitative estimate of drug-likeness (QED) is 0.834. The van der Waals surface area contributed by atoms with Crippen LogP contribution < -0.4 is 0 Å². The summed E-state index contributed by atoms with van der Waals surface area (Å²) in [6, 6.07) is 5.74. The van der Waals surface area contributed by atoms with E-state index in [2.05, 4.69) is 15.9 Å². The average molecular weight is 288 g/mol. The first-order chi connectivity index (χ1) is 7.12. The Bertz CT molecular complexity index is 388. The molecule has 0 heterocycles. The van der Waals surface area contributed by atoms with Crippen molar-refractivity contribution in [1.82, 2.24) is 0 Å². The topological polar surface area (TPSA) is 20.2 Å². The highest BCUT2D eigenvalue weighted by Gasteiger charge is 2.66. The third-order valence-corrected chi connectivity index (χ3v) is 4.54. The Kier molecular flexibility index (Phi) is 2.17. The van der Waals surface area contributed by atoms with Gasteiger partial charge in [-0.05, 0) is 48.4 Å². The molecule has 1 nitrogen and oxygen atoms in total. The van der Waals surface area contributed by atoms with E-state index < -0.39 is 5.60 Å². The van der Waals surface area contributed by atoms with E-state index in [0.717, 1.165) is 22.9 Å². The van der Waals surface area contributed by atoms with Crippen LogP contribution in [0.3, 0.4) is 0 Å². The van der Waals surface area contributed by atoms with E-state index >= 15 is 0 Å². The van der Waals surface area contributed by atoms with Crippen LogP contribution in [0.2, 0.25) is 5.02 Å². The van der Waals surface area contributed by atoms with Crippen molar-refractivity contribution in [3.8, 4) is 0 Å². The van der Waals surface area contributed by atoms with Crippen molar-refractivity contribution >= 4 is 27.5 Å². The van der Waals surface area contributed by atoms with Crippen molar-refractivity contribution in [2.75, 3.05) is 0 Å². The van der Waals surface area contributed by atoms with Gasteiger partial charge in [0.05, 0.1) is 5.60 Å². The van der Waals surface area contributed by atoms with Gasteiger partial charge >= 0.3 is 0 Å². The monoisotopic (exact) mass is 286 g/mol. The molecule has 0 aromatic heterocycles. The molecule has 1 aromatic carbocycles. The minimum atomic E-state index is -0.578. The summed E-state index contributed by atoms with van der Waals surface area (Å²) in [7, 11) is 0. The maximum atomic E-state index is 10.5. The minimum Gasteiger partial charge on any atom is -0.385 e. The number of aliphatic hydroxyl groups is 1. The molecule has 2 aliphatic carbocycles. The van der Waals surface area contributed by atoms with Crippen LogP contribution in [0, 0.1) is 11.8 Å². The van der Waals surface area contributed by atoms with Crippen LogP contribution in [0.15, 0.2) is 22.7 Å². The highest BCUT2D eigenvalue weighted by atomic mass is 79.9. The fraction of sp³-hybridized carbons (Fsp3) is 0.500. The van der Waals surface area contributed by atoms with Gasteiger partial charge in [0.1, 0.15) is 0 Å². The van der Waals surface area contributed by atoms with E-state index in [4.69, 9.17) is 11.6 Å². The predicted molar refractivity (Wildman–Crippen MR) is 63.9 cm³/mol. The molecule has 2 atom stereocenters. The van der Waals surface area contributed by atoms with Crippen molar-refractivity contribution in [1.29, 1.82) is 0 Å². The molecule has 15 heavy (non-hydrogen) atoms. The maximum Gasteiger partial charge on any atom is 0.0961 e. The van der Waals surface area contributed by atoms with Crippen molar-refractivity contribution in [2.24, 2.45) is 11.8 Å². The summed E-state index contributed by atoms with van der Waals surface area (Å²) in [6.45, 7) is 0. The van der Waals surface area contributed by atoms with Crippen LogP contribution >= 0.6 is 27.5 Å². The van der Waals surface area contributed by atoms with Gasteiger partial charge in [0.2, 0.25) is 0 Å². The van der Waals surface area contributed by atoms with Crippen LogP contribution in [-0.4, -0.2) is 5.11 Å². The highest BCUT2D eigenvalue weighted by Crippen LogP contribution is 2.66. The molecule has 0 spiro atoms. The number of hydrogen-bond acceptors (Lipinski definition) is 1. The first kappa shape index (κ1) is 10.1. The predicted octanol–water partition coefficient (Wildman–Crippen LogP) is 3.72. The van der Waals surface area contributed by atoms with Crippen LogP contribution in [0.4, 0.5) is 0 Å². The summed E-state index contributed by atoms with van der Waals surface area (Å²) in [5.74, 6) is 0.950. The number of halogens is 2. The second-order valence-corrected chi connectivity index (χ2v) is 5.98. The molecule has 2 fully saturated rings. The Balaban J connectivity index is 2.00. The molecule has 2 saturated carbocycles. The molecular weight excluding hydrogens is 275 g/mol. The van der Waals surface area contributed by atoms with Gasteiger partial charge in [-0.25, -0.2) is 0 Å². The lowest BCUT2D eigenvalue weighted by atomic mass is 9.99. The highest BCUT2D eigenvalue weighted by molar-refractivity contribution is 9.10. The van der Waals surface area contributed by atoms with Gasteiger partial charge in [-0.2, -0.15) is 0 Å². The van der Waals surface area contributed by atoms with E-state index in [0.29, 0.717) is 16.9 Å². The van der Waals surface area contributed by atoms with E-state index in [1.807, 2.05) is 18.2 Å². The molecule has 0 radical (unpaired) electrons. The number of fused-ring (bicyclic) bond motifs is 1. The van der Waals surface area contributed by atoms with Gasteiger partial charge in [0, 0.05) is 9.50 Å². The molecule has 0 bridgehead atoms. The number of rotatable bonds is 1. The molecule has 1 aromatic rings. The molecule has 80 valence electrons. The summed E-state index contributed by atoms with van der Waals surface area (Å²) < 4.78 is 0.948. The summed E-state index contributed by atoms with van der Waals surface area (Å²) in [6.07, 6.45) is 3.58. The second-order valence-electron chi connectivity index (χ2n) is 4.63. The summed E-state index contributed by atoms with van der Waals surface area (Å²) >= 11 is 9.42. The van der Waals surface area contributed by atoms with E-state index in [-0.39, 0.29) is 0 Å². The van der Waals surface area contributed by atoms with Crippen molar-refractivity contribution in [3.05, 3.63) is 33.3 Å². The zero-order valence-corrected chi connectivity index (χ0v) is 10.6. The average Bonchev–Trinajstić information content (AvgIpc) is 2.61. The Hall–Kier alpha value is -0.0500. The van der Waals surface area contributed by atoms with E-state index in [1.54, 1.807) is 0 Å². The summed E-state index contributed by atoms with van der Waals surface area (Å²) in [5.41, 5.74) is 0.405. The van der Waals surface area contributed by atoms with Crippen molar-refractivity contribution in [3.63, 3.8) is 0 Å². The lowest BCUT2D eigenvalue weighted by Gasteiger charge is -2.15. The molecule has 2 unspecified atom stereocenters. The third-order valence-electron chi connectivity index (χ3n) is 3.86. The zero-order valence-electron chi connectivity index (χ0n) is 8.21. The van der Waals surface area contributed by atoms with Crippen molar-refractivity contribution < 1.29 is 5.11 Å². The standard InChI is InChI=1S/C12H12BrClO/c13-8-4-7(5-9(14)6-8)12(15)10-2-1-3-11(10)12/h4-6,10-11,15H,1-3H2. The molecule has 1 N–H and O–H groups in total. The Morgan fingerprint density at radius 1 is 1.27 bits per heavy atom. The summed E-state index contributed by atoms with van der Waals surface area (Å²) in [4.78, 5) is 0. The third kappa shape index (κ3) is 1.38. The fourth-order valence-electron chi connectivity index (χ4n) is 3.13. The summed E-state index contributed by atoms with van der Waals surface area (Å²) in [5, 5.41) is 11.2. The zero-order chi connectivity index (χ0) is 10.6. The smallest absolute Gasteiger partial charge is 0.0961 e. The largest absolute Gasteiger partial charge is 0.385 e. The molecule has 3 heteroatoms. The van der Waals surface area contributed by atoms with Gasteiger partial charge in [0.25, 0.3) is 0 Å². The van der Waals surface area contributed by atoms with Crippen LogP contribution in [0.5, 0.6) is 0 Å². The Labute approximate surface area is 103 Å². The van der Waals surface area contributed by atoms with E-state index in [1.165, 1.54) is 6.42 Å². The van der Waals surface area contributed by atoms with Gasteiger partial charge < -0.3 is 5.11 Å². The van der Waals surface area contributed by atoms with Gasteiger partial charge in [-0.1, -0.05) is 34.0 Å². The maximum absolute atomic E-state index is 10.5. The first-order valence-corrected chi connectivity index (χ1v) is 6.48. The van der Waals surface area contributed by atoms with Gasteiger partial charge in [-0.3, -0.25) is 0 Å². The van der Waals surface area contributed by atoms with Crippen LogP contribution in [-0.2, 0) is 5.60 Å². The lowest BCUT2D eigenvalue weighted by molar-refractivity contribution is 0.105. The molecule has 3 rings (SSSR count). The molecule has 0 saturated heterocycles. The number of hydrogen-bond donors (Lipinski definition) is 1. The first-order valence-electron chi connectivity index (χ1n) is 5.31.